The molecule has 128 valence electrons. The molecule has 8 heteroatoms. The van der Waals surface area contributed by atoms with Gasteiger partial charge in [0.15, 0.2) is 6.04 Å². The molecule has 0 saturated carbocycles. The molecule has 1 N–H and O–H groups in total. The molecule has 0 heterocycles. The molecule has 0 aliphatic carbocycles. The summed E-state index contributed by atoms with van der Waals surface area (Å²) in [6, 6.07) is 3.32. The van der Waals surface area contributed by atoms with Crippen molar-refractivity contribution >= 4 is 5.78 Å². The van der Waals surface area contributed by atoms with Gasteiger partial charge in [-0.2, -0.15) is 13.2 Å². The standard InChI is InChI=1S/C15H19F3N2O3/c1-10(2)8-12(21)13(20(22)23)14(15(16,17)18)19-9-11-6-4-3-5-7-11/h3-7,10,13-14,19H,8-9H2,1-2H3/t13-,14-/m1/s1. The molecule has 0 saturated heterocycles. The predicted octanol–water partition coefficient (Wildman–Crippen LogP) is 2.97. The Bertz CT molecular complexity index is 533. The first-order chi connectivity index (χ1) is 10.6. The molecule has 1 rings (SSSR count). The van der Waals surface area contributed by atoms with Gasteiger partial charge in [0.2, 0.25) is 5.78 Å². The first kappa shape index (κ1) is 19.1. The fraction of sp³-hybridized carbons (Fsp3) is 0.533. The second kappa shape index (κ2) is 8.05. The van der Waals surface area contributed by atoms with Gasteiger partial charge in [-0.05, 0) is 11.5 Å². The van der Waals surface area contributed by atoms with Crippen LogP contribution in [0.15, 0.2) is 30.3 Å². The molecule has 5 nitrogen and oxygen atoms in total. The van der Waals surface area contributed by atoms with Crippen LogP contribution in [0.1, 0.15) is 25.8 Å². The fourth-order valence-corrected chi connectivity index (χ4v) is 2.18. The van der Waals surface area contributed by atoms with E-state index in [2.05, 4.69) is 5.32 Å². The number of nitrogens with one attached hydrogen (secondary N) is 1. The quantitative estimate of drug-likeness (QED) is 0.587. The predicted molar refractivity (Wildman–Crippen MR) is 78.4 cm³/mol. The van der Waals surface area contributed by atoms with Gasteiger partial charge < -0.3 is 0 Å². The van der Waals surface area contributed by atoms with Gasteiger partial charge in [0.1, 0.15) is 0 Å². The van der Waals surface area contributed by atoms with Crippen molar-refractivity contribution < 1.29 is 22.9 Å². The molecule has 2 atom stereocenters. The first-order valence-electron chi connectivity index (χ1n) is 7.13. The van der Waals surface area contributed by atoms with Crippen LogP contribution in [-0.4, -0.2) is 29.0 Å². The summed E-state index contributed by atoms with van der Waals surface area (Å²) in [4.78, 5) is 21.8. The average molecular weight is 332 g/mol. The third-order valence-electron chi connectivity index (χ3n) is 3.20. The highest BCUT2D eigenvalue weighted by atomic mass is 19.4. The van der Waals surface area contributed by atoms with E-state index in [0.29, 0.717) is 5.56 Å². The number of Topliss-reactive ketones (excluding diaryl/α,β-unsaturated/α-hetero) is 1. The van der Waals surface area contributed by atoms with Crippen LogP contribution in [0.2, 0.25) is 0 Å². The molecule has 0 spiro atoms. The number of hydrogen-bond acceptors (Lipinski definition) is 4. The van der Waals surface area contributed by atoms with Gasteiger partial charge in [-0.1, -0.05) is 44.2 Å². The molecule has 1 aromatic carbocycles. The minimum absolute atomic E-state index is 0.218. The van der Waals surface area contributed by atoms with Crippen LogP contribution in [0.5, 0.6) is 0 Å². The first-order valence-corrected chi connectivity index (χ1v) is 7.13. The van der Waals surface area contributed by atoms with Crippen LogP contribution in [0.4, 0.5) is 13.2 Å². The summed E-state index contributed by atoms with van der Waals surface area (Å²) in [6.45, 7) is 3.02. The SMILES string of the molecule is CC(C)CC(=O)[C@H]([C@@H](NCc1ccccc1)C(F)(F)F)[N+](=O)[O-]. The van der Waals surface area contributed by atoms with Crippen molar-refractivity contribution in [2.24, 2.45) is 5.92 Å². The minimum Gasteiger partial charge on any atom is -0.296 e. The van der Waals surface area contributed by atoms with Gasteiger partial charge in [0.05, 0.1) is 0 Å². The van der Waals surface area contributed by atoms with Gasteiger partial charge in [-0.15, -0.1) is 0 Å². The normalized spacial score (nSPS) is 14.5. The molecule has 0 aliphatic rings. The van der Waals surface area contributed by atoms with Gasteiger partial charge in [0, 0.05) is 17.9 Å². The van der Waals surface area contributed by atoms with Gasteiger partial charge in [-0.3, -0.25) is 20.2 Å². The molecule has 0 fully saturated rings. The van der Waals surface area contributed by atoms with Crippen molar-refractivity contribution in [2.75, 3.05) is 0 Å². The highest BCUT2D eigenvalue weighted by molar-refractivity contribution is 5.83. The molecule has 0 bridgehead atoms. The van der Waals surface area contributed by atoms with Crippen LogP contribution in [0, 0.1) is 16.0 Å². The van der Waals surface area contributed by atoms with Crippen LogP contribution < -0.4 is 5.32 Å². The number of alkyl halides is 3. The Kier molecular flexibility index (Phi) is 6.68. The zero-order chi connectivity index (χ0) is 17.6. The summed E-state index contributed by atoms with van der Waals surface area (Å²) in [5.74, 6) is -1.28. The Hall–Kier alpha value is -1.96. The number of carbonyl (C=O) groups excluding carboxylic acids is 1. The van der Waals surface area contributed by atoms with Gasteiger partial charge >= 0.3 is 6.18 Å². The van der Waals surface area contributed by atoms with E-state index in [9.17, 15) is 28.1 Å². The smallest absolute Gasteiger partial charge is 0.296 e. The summed E-state index contributed by atoms with van der Waals surface area (Å²) in [5.41, 5.74) is 0.542. The lowest BCUT2D eigenvalue weighted by Gasteiger charge is -2.24. The number of carbonyl (C=O) groups is 1. The Morgan fingerprint density at radius 1 is 1.26 bits per heavy atom. The molecular formula is C15H19F3N2O3. The number of nitro groups is 1. The maximum atomic E-state index is 13.2. The van der Waals surface area contributed by atoms with Crippen molar-refractivity contribution in [3.8, 4) is 0 Å². The number of benzene rings is 1. The van der Waals surface area contributed by atoms with Crippen LogP contribution in [0.25, 0.3) is 0 Å². The summed E-state index contributed by atoms with van der Waals surface area (Å²) in [6.07, 6.45) is -5.18. The van der Waals surface area contributed by atoms with E-state index in [-0.39, 0.29) is 18.9 Å². The van der Waals surface area contributed by atoms with E-state index in [1.165, 1.54) is 0 Å². The molecule has 23 heavy (non-hydrogen) atoms. The molecule has 1 aromatic rings. The molecule has 0 radical (unpaired) electrons. The van der Waals surface area contributed by atoms with Crippen molar-refractivity contribution in [3.63, 3.8) is 0 Å². The van der Waals surface area contributed by atoms with E-state index in [0.717, 1.165) is 0 Å². The van der Waals surface area contributed by atoms with E-state index in [1.807, 2.05) is 0 Å². The van der Waals surface area contributed by atoms with Crippen molar-refractivity contribution in [2.45, 2.75) is 45.1 Å². The molecule has 0 aliphatic heterocycles. The second-order valence-corrected chi connectivity index (χ2v) is 5.68. The maximum absolute atomic E-state index is 13.2. The number of halogens is 3. The second-order valence-electron chi connectivity index (χ2n) is 5.68. The minimum atomic E-state index is -4.90. The highest BCUT2D eigenvalue weighted by Gasteiger charge is 2.53. The van der Waals surface area contributed by atoms with E-state index >= 15 is 0 Å². The number of rotatable bonds is 8. The molecule has 0 amide bonds. The molecule has 0 unspecified atom stereocenters. The number of nitrogens with zero attached hydrogens (tertiary/aromatic N) is 1. The Morgan fingerprint density at radius 3 is 2.26 bits per heavy atom. The summed E-state index contributed by atoms with van der Waals surface area (Å²) in [5, 5.41) is 13.2. The van der Waals surface area contributed by atoms with E-state index in [1.54, 1.807) is 44.2 Å². The Labute approximate surface area is 132 Å². The zero-order valence-corrected chi connectivity index (χ0v) is 12.8. The fourth-order valence-electron chi connectivity index (χ4n) is 2.18. The third kappa shape index (κ3) is 5.97. The van der Waals surface area contributed by atoms with Crippen molar-refractivity contribution in [1.29, 1.82) is 0 Å². The lowest BCUT2D eigenvalue weighted by molar-refractivity contribution is -0.519. The third-order valence-corrected chi connectivity index (χ3v) is 3.20. The van der Waals surface area contributed by atoms with Crippen molar-refractivity contribution in [1.82, 2.24) is 5.32 Å². The van der Waals surface area contributed by atoms with Gasteiger partial charge in [0.25, 0.3) is 6.04 Å². The van der Waals surface area contributed by atoms with Crippen LogP contribution in [-0.2, 0) is 11.3 Å². The van der Waals surface area contributed by atoms with Crippen molar-refractivity contribution in [3.05, 3.63) is 46.0 Å². The lowest BCUT2D eigenvalue weighted by Crippen LogP contribution is -2.56. The Balaban J connectivity index is 2.97. The topological polar surface area (TPSA) is 72.2 Å². The van der Waals surface area contributed by atoms with Crippen LogP contribution >= 0.6 is 0 Å². The van der Waals surface area contributed by atoms with Crippen LogP contribution in [0.3, 0.4) is 0 Å². The van der Waals surface area contributed by atoms with Gasteiger partial charge in [-0.25, -0.2) is 0 Å². The number of hydrogen-bond donors (Lipinski definition) is 1. The summed E-state index contributed by atoms with van der Waals surface area (Å²) >= 11 is 0. The average Bonchev–Trinajstić information content (AvgIpc) is 2.41. The lowest BCUT2D eigenvalue weighted by atomic mass is 9.96. The maximum Gasteiger partial charge on any atom is 0.411 e. The summed E-state index contributed by atoms with van der Waals surface area (Å²) < 4.78 is 39.6. The van der Waals surface area contributed by atoms with E-state index < -0.39 is 29.0 Å². The monoisotopic (exact) mass is 332 g/mol. The molecular weight excluding hydrogens is 313 g/mol. The highest BCUT2D eigenvalue weighted by Crippen LogP contribution is 2.26. The largest absolute Gasteiger partial charge is 0.411 e. The number of ketones is 1. The zero-order valence-electron chi connectivity index (χ0n) is 12.8. The Morgan fingerprint density at radius 2 is 1.83 bits per heavy atom. The molecule has 0 aromatic heterocycles. The summed E-state index contributed by atoms with van der Waals surface area (Å²) in [7, 11) is 0. The van der Waals surface area contributed by atoms with E-state index in [4.69, 9.17) is 0 Å².